The van der Waals surface area contributed by atoms with E-state index in [0.29, 0.717) is 45.2 Å². The van der Waals surface area contributed by atoms with Crippen LogP contribution in [0.4, 0.5) is 0 Å². The van der Waals surface area contributed by atoms with Gasteiger partial charge in [-0.05, 0) is 18.9 Å². The quantitative estimate of drug-likeness (QED) is 0.161. The van der Waals surface area contributed by atoms with Crippen LogP contribution < -0.4 is 1040 Å². The van der Waals surface area contributed by atoms with Gasteiger partial charge in [-0.3, -0.25) is 14.5 Å². The van der Waals surface area contributed by atoms with Crippen LogP contribution in [0.25, 0.3) is 0 Å². The summed E-state index contributed by atoms with van der Waals surface area (Å²) in [5.41, 5.74) is 1.29. The van der Waals surface area contributed by atoms with Gasteiger partial charge >= 0.3 is 1030 Å². The van der Waals surface area contributed by atoms with Crippen molar-refractivity contribution in [3.05, 3.63) is 35.9 Å². The predicted octanol–water partition coefficient (Wildman–Crippen LogP) is -56.3. The molecule has 0 saturated carbocycles. The summed E-state index contributed by atoms with van der Waals surface area (Å²) in [6.07, 6.45) is 1.53. The molecule has 0 aliphatic carbocycles. The van der Waals surface area contributed by atoms with E-state index >= 15 is 0 Å². The van der Waals surface area contributed by atoms with Crippen molar-refractivity contribution >= 4 is 11.8 Å². The number of carbonyl (C=O) groups excluding carboxylic acids is 2. The summed E-state index contributed by atoms with van der Waals surface area (Å²) >= 11 is 0. The summed E-state index contributed by atoms with van der Waals surface area (Å²) in [5.74, 6) is -0.121. The number of nitrogens with one attached hydrogen (secondary N) is 2. The normalized spacial score (nSPS) is 11.4. The predicted molar refractivity (Wildman–Crippen MR) is 130 cm³/mol. The maximum Gasteiger partial charge on any atom is 1.00 e. The third-order valence-electron chi connectivity index (χ3n) is 4.88. The fourth-order valence-corrected chi connectivity index (χ4v) is 3.35. The number of likely N-dealkylation sites (tertiary alicyclic amines) is 1. The third kappa shape index (κ3) is 85.6. The van der Waals surface area contributed by atoms with E-state index in [1.165, 1.54) is 5.56 Å². The zero-order valence-electron chi connectivity index (χ0n) is 57.0. The molecular weight excluding hydrogens is 1140 g/mol. The van der Waals surface area contributed by atoms with Crippen LogP contribution in [0.2, 0.25) is 0 Å². The minimum Gasteiger partial charge on any atom is -1.00 e. The van der Waals surface area contributed by atoms with Crippen LogP contribution in [0.5, 0.6) is 0 Å². The van der Waals surface area contributed by atoms with Crippen molar-refractivity contribution in [2.45, 2.75) is 44.8 Å². The fraction of sp³-hybridized carbons (Fsp3) is 0.619. The van der Waals surface area contributed by atoms with Crippen LogP contribution in [-0.4, -0.2) is 68.8 Å². The number of methoxy groups -OCH3 is 1. The number of rotatable bonds is 12. The second kappa shape index (κ2) is 103. The average Bonchev–Trinajstić information content (AvgIpc) is 3.01. The molecule has 0 aromatic heterocycles. The summed E-state index contributed by atoms with van der Waals surface area (Å²) < 4.78 is 10.1. The number of benzene rings is 1. The number of hydrogen-bond acceptors (Lipinski definition) is 5. The first-order valence-electron chi connectivity index (χ1n) is 9.99. The molecule has 2 N–H and O–H groups in total. The van der Waals surface area contributed by atoms with Gasteiger partial charge in [0, 0.05) is 51.7 Å². The summed E-state index contributed by atoms with van der Waals surface area (Å²) in [5, 5.41) is 5.85. The Morgan fingerprint density at radius 2 is 1.15 bits per heavy atom. The molecule has 2 atom stereocenters. The van der Waals surface area contributed by atoms with Gasteiger partial charge < -0.3 is 48.6 Å². The number of nitrogens with zero attached hydrogens (tertiary/aromatic N) is 1. The molecule has 0 unspecified atom stereocenters. The van der Waals surface area contributed by atoms with Gasteiger partial charge in [-0.25, -0.2) is 0 Å². The Morgan fingerprint density at radius 1 is 0.688 bits per heavy atom. The summed E-state index contributed by atoms with van der Waals surface area (Å²) in [6, 6.07) is 11.0. The number of carbonyl (C=O) groups is 2. The molecule has 27 heteroatoms. The Balaban J connectivity index is -0.00000000568. The van der Waals surface area contributed by atoms with Crippen LogP contribution in [-0.2, 0) is 25.6 Å². The zero-order valence-corrected chi connectivity index (χ0v) is 99.4. The molecule has 1 fully saturated rings. The number of amides is 2. The molecule has 0 radical (unpaired) electrons. The summed E-state index contributed by atoms with van der Waals surface area (Å²) in [6.45, 7) is 5.66. The molecule has 1 heterocycles. The second-order valence-corrected chi connectivity index (χ2v) is 7.22. The molecule has 0 spiro atoms. The Labute approximate surface area is 1180 Å². The van der Waals surface area contributed by atoms with E-state index in [1.54, 1.807) is 7.11 Å². The minimum absolute atomic E-state index is 0. The smallest absolute Gasteiger partial charge is 1.00 e. The second-order valence-electron chi connectivity index (χ2n) is 7.22. The van der Waals surface area contributed by atoms with Crippen molar-refractivity contribution in [2.75, 3.05) is 40.0 Å². The topological polar surface area (TPSA) is 79.9 Å². The van der Waals surface area contributed by atoms with Gasteiger partial charge in [0.05, 0.1) is 19.8 Å². The van der Waals surface area contributed by atoms with Gasteiger partial charge in [0.2, 0.25) is 11.8 Å². The summed E-state index contributed by atoms with van der Waals surface area (Å²) in [4.78, 5) is 26.3. The largest absolute Gasteiger partial charge is 1.00 e. The van der Waals surface area contributed by atoms with Crippen molar-refractivity contribution < 1.29 is 1080 Å². The van der Waals surface area contributed by atoms with Crippen LogP contribution in [0.3, 0.4) is 0 Å². The van der Waals surface area contributed by atoms with E-state index in [-0.39, 0.29) is 1070 Å². The van der Waals surface area contributed by atoms with E-state index < -0.39 is 0 Å². The molecule has 48 heavy (non-hydrogen) atoms. The van der Waals surface area contributed by atoms with E-state index in [9.17, 15) is 9.59 Å². The van der Waals surface area contributed by atoms with Crippen LogP contribution >= 0.6 is 0 Å². The summed E-state index contributed by atoms with van der Waals surface area (Å²) in [7, 11) is 1.61. The molecule has 1 aromatic carbocycles. The average molecular weight is 1190 g/mol. The Morgan fingerprint density at radius 3 is 1.58 bits per heavy atom. The molecule has 0 bridgehead atoms. The van der Waals surface area contributed by atoms with Gasteiger partial charge in [-0.1, -0.05) is 30.3 Å². The van der Waals surface area contributed by atoms with Crippen molar-refractivity contribution in [1.29, 1.82) is 0 Å². The SMILES string of the molecule is COCCOCCC(=O)NCCC(=O)N[C@H]1C[C@@H](C)N(Cc2ccccc2)C1.[H-].[H-].[H-].[H-].[H-].[H-].[H-].[H-].[H-].[H-].[H-].[H-].[H-].[H-].[H-].[H-].[H-].[H-].[H-].[H-].[K+].[K+].[K+].[K+].[K+].[K+].[K+].[K+].[K+].[K+].[K+].[K+].[K+].[K+].[K+].[K+].[K+].[K+].[K+].[K+]. The molecule has 196 valence electrons. The van der Waals surface area contributed by atoms with Crippen molar-refractivity contribution in [3.63, 3.8) is 0 Å². The van der Waals surface area contributed by atoms with E-state index in [0.717, 1.165) is 19.5 Å². The third-order valence-corrected chi connectivity index (χ3v) is 4.88. The molecular formula is C21H53K20N3O4. The molecule has 1 aromatic rings. The molecule has 2 amide bonds. The molecule has 1 aliphatic heterocycles. The first kappa shape index (κ1) is 133. The van der Waals surface area contributed by atoms with Crippen LogP contribution in [0, 0.1) is 0 Å². The molecule has 7 nitrogen and oxygen atoms in total. The van der Waals surface area contributed by atoms with E-state index in [2.05, 4.69) is 46.7 Å². The van der Waals surface area contributed by atoms with Crippen molar-refractivity contribution in [1.82, 2.24) is 15.5 Å². The zero-order chi connectivity index (χ0) is 20.2. The van der Waals surface area contributed by atoms with Crippen LogP contribution in [0.1, 0.15) is 60.3 Å². The number of hydrogen-bond donors (Lipinski definition) is 2. The van der Waals surface area contributed by atoms with Gasteiger partial charge in [-0.2, -0.15) is 0 Å². The monoisotopic (exact) mass is 1190 g/mol. The first-order chi connectivity index (χ1) is 13.6. The van der Waals surface area contributed by atoms with Crippen molar-refractivity contribution in [2.24, 2.45) is 0 Å². The van der Waals surface area contributed by atoms with Crippen molar-refractivity contribution in [3.8, 4) is 0 Å². The molecule has 2 rings (SSSR count). The standard InChI is InChI=1S/C21H33N3O4.20K.20H/c1-17-14-19(16-24(17)15-18-6-4-3-5-7-18)23-21(26)8-10-22-20(25)9-11-28-13-12-27-2;;;;;;;;;;;;;;;;;;;;;;;;;;;;;;;;;;;;;;;;/h3-7,17,19H,8-16H2,1-2H3,(H,22,25)(H,23,26);;;;;;;;;;;;;;;;;;;;;;;;;;;;;;;;;;;;;;;;/q;20*+1;20*-1/t17-,19+;;;;;;;;;;;;;;;;;;;;;;;;;;;;;;;;;;;;;;;;/m1......................................../s1. The van der Waals surface area contributed by atoms with Gasteiger partial charge in [0.25, 0.3) is 0 Å². The molecule has 1 aliphatic rings. The van der Waals surface area contributed by atoms with Gasteiger partial charge in [0.1, 0.15) is 0 Å². The Hall–Kier alpha value is 30.8. The van der Waals surface area contributed by atoms with E-state index in [4.69, 9.17) is 9.47 Å². The van der Waals surface area contributed by atoms with E-state index in [1.807, 2.05) is 6.07 Å². The van der Waals surface area contributed by atoms with Gasteiger partial charge in [0.15, 0.2) is 0 Å². The maximum atomic E-state index is 12.2. The maximum absolute atomic E-state index is 12.2. The Kier molecular flexibility index (Phi) is 286. The molecule has 1 saturated heterocycles. The van der Waals surface area contributed by atoms with Crippen LogP contribution in [0.15, 0.2) is 30.3 Å². The number of ether oxygens (including phenoxy) is 2. The minimum atomic E-state index is -0.103. The van der Waals surface area contributed by atoms with Gasteiger partial charge in [-0.15, -0.1) is 0 Å². The fourth-order valence-electron chi connectivity index (χ4n) is 3.35. The first-order valence-corrected chi connectivity index (χ1v) is 9.99. The Bertz CT molecular complexity index is 703.